The summed E-state index contributed by atoms with van der Waals surface area (Å²) in [6.45, 7) is 0. The van der Waals surface area contributed by atoms with Gasteiger partial charge in [0.05, 0.1) is 0 Å². The molecule has 0 aliphatic carbocycles. The molecular formula is C13H16FN3O4. The van der Waals surface area contributed by atoms with Crippen LogP contribution in [0, 0.1) is 5.82 Å². The molecule has 21 heavy (non-hydrogen) atoms. The molecule has 0 saturated carbocycles. The molecule has 7 nitrogen and oxygen atoms in total. The molecule has 1 atom stereocenters. The van der Waals surface area contributed by atoms with Gasteiger partial charge < -0.3 is 16.2 Å². The molecule has 0 spiro atoms. The summed E-state index contributed by atoms with van der Waals surface area (Å²) in [4.78, 5) is 34.7. The third-order valence-electron chi connectivity index (χ3n) is 2.78. The number of anilines is 1. The molecule has 8 heteroatoms. The number of carboxylic acids is 1. The SMILES string of the molecule is CN(C(=O)N[C@@H](CCC(N)=O)C(=O)O)c1cccc(F)c1. The van der Waals surface area contributed by atoms with Crippen molar-refractivity contribution in [3.8, 4) is 0 Å². The topological polar surface area (TPSA) is 113 Å². The zero-order chi connectivity index (χ0) is 16.0. The second kappa shape index (κ2) is 7.22. The smallest absolute Gasteiger partial charge is 0.326 e. The minimum atomic E-state index is -1.28. The zero-order valence-corrected chi connectivity index (χ0v) is 11.4. The molecule has 0 aliphatic rings. The standard InChI is InChI=1S/C13H16FN3O4/c1-17(9-4-2-3-8(14)7-9)13(21)16-10(12(19)20)5-6-11(15)18/h2-4,7,10H,5-6H2,1H3,(H2,15,18)(H,16,21)(H,19,20)/t10-/m0/s1. The van der Waals surface area contributed by atoms with Crippen molar-refractivity contribution in [2.24, 2.45) is 5.73 Å². The van der Waals surface area contributed by atoms with E-state index in [9.17, 15) is 18.8 Å². The quantitative estimate of drug-likeness (QED) is 0.717. The van der Waals surface area contributed by atoms with E-state index in [1.54, 1.807) is 0 Å². The van der Waals surface area contributed by atoms with Gasteiger partial charge in [-0.3, -0.25) is 9.69 Å². The molecule has 4 N–H and O–H groups in total. The number of aliphatic carboxylic acids is 1. The molecule has 0 fully saturated rings. The maximum atomic E-state index is 13.1. The average molecular weight is 297 g/mol. The number of nitrogens with two attached hydrogens (primary N) is 1. The Kier molecular flexibility index (Phi) is 5.65. The Morgan fingerprint density at radius 2 is 2.10 bits per heavy atom. The first-order valence-electron chi connectivity index (χ1n) is 6.12. The molecule has 0 unspecified atom stereocenters. The van der Waals surface area contributed by atoms with Crippen LogP contribution in [0.15, 0.2) is 24.3 Å². The minimum absolute atomic E-state index is 0.118. The third kappa shape index (κ3) is 5.09. The first kappa shape index (κ1) is 16.4. The van der Waals surface area contributed by atoms with Gasteiger partial charge in [-0.05, 0) is 24.6 Å². The number of hydrogen-bond acceptors (Lipinski definition) is 3. The van der Waals surface area contributed by atoms with Crippen molar-refractivity contribution < 1.29 is 23.9 Å². The largest absolute Gasteiger partial charge is 0.480 e. The summed E-state index contributed by atoms with van der Waals surface area (Å²) in [5, 5.41) is 11.2. The number of halogens is 1. The Hall–Kier alpha value is -2.64. The highest BCUT2D eigenvalue weighted by molar-refractivity contribution is 5.94. The van der Waals surface area contributed by atoms with Crippen LogP contribution in [0.1, 0.15) is 12.8 Å². The van der Waals surface area contributed by atoms with Crippen molar-refractivity contribution >= 4 is 23.6 Å². The van der Waals surface area contributed by atoms with E-state index in [0.29, 0.717) is 0 Å². The van der Waals surface area contributed by atoms with Crippen molar-refractivity contribution in [3.05, 3.63) is 30.1 Å². The number of amides is 3. The number of carboxylic acid groups (broad SMARTS) is 1. The summed E-state index contributed by atoms with van der Waals surface area (Å²) in [5.74, 6) is -2.46. The number of hydrogen-bond donors (Lipinski definition) is 3. The predicted molar refractivity (Wildman–Crippen MR) is 73.2 cm³/mol. The van der Waals surface area contributed by atoms with Crippen molar-refractivity contribution in [2.45, 2.75) is 18.9 Å². The van der Waals surface area contributed by atoms with E-state index >= 15 is 0 Å². The first-order valence-corrected chi connectivity index (χ1v) is 6.12. The lowest BCUT2D eigenvalue weighted by Crippen LogP contribution is -2.47. The second-order valence-corrected chi connectivity index (χ2v) is 4.38. The second-order valence-electron chi connectivity index (χ2n) is 4.38. The summed E-state index contributed by atoms with van der Waals surface area (Å²) >= 11 is 0. The summed E-state index contributed by atoms with van der Waals surface area (Å²) in [6.07, 6.45) is -0.283. The number of rotatable bonds is 6. The molecule has 1 aromatic rings. The van der Waals surface area contributed by atoms with Crippen molar-refractivity contribution in [1.82, 2.24) is 5.32 Å². The Balaban J connectivity index is 2.72. The monoisotopic (exact) mass is 297 g/mol. The van der Waals surface area contributed by atoms with E-state index in [1.807, 2.05) is 0 Å². The van der Waals surface area contributed by atoms with Crippen LogP contribution in [0.25, 0.3) is 0 Å². The van der Waals surface area contributed by atoms with Crippen LogP contribution >= 0.6 is 0 Å². The minimum Gasteiger partial charge on any atom is -0.480 e. The highest BCUT2D eigenvalue weighted by atomic mass is 19.1. The Morgan fingerprint density at radius 1 is 1.43 bits per heavy atom. The molecule has 0 aromatic heterocycles. The summed E-state index contributed by atoms with van der Waals surface area (Å²) in [7, 11) is 1.37. The Bertz CT molecular complexity index is 550. The Labute approximate surface area is 120 Å². The molecule has 0 radical (unpaired) electrons. The summed E-state index contributed by atoms with van der Waals surface area (Å²) in [6, 6.07) is 3.32. The lowest BCUT2D eigenvalue weighted by molar-refractivity contribution is -0.139. The van der Waals surface area contributed by atoms with Gasteiger partial charge in [0.25, 0.3) is 0 Å². The van der Waals surface area contributed by atoms with Crippen molar-refractivity contribution in [3.63, 3.8) is 0 Å². The fourth-order valence-corrected chi connectivity index (χ4v) is 1.59. The number of nitrogens with zero attached hydrogens (tertiary/aromatic N) is 1. The van der Waals surface area contributed by atoms with Crippen LogP contribution in [0.2, 0.25) is 0 Å². The van der Waals surface area contributed by atoms with E-state index < -0.39 is 29.8 Å². The number of carbonyl (C=O) groups excluding carboxylic acids is 2. The number of carbonyl (C=O) groups is 3. The Morgan fingerprint density at radius 3 is 2.62 bits per heavy atom. The van der Waals surface area contributed by atoms with Gasteiger partial charge in [-0.25, -0.2) is 14.0 Å². The molecule has 114 valence electrons. The van der Waals surface area contributed by atoms with E-state index in [0.717, 1.165) is 11.0 Å². The molecule has 3 amide bonds. The van der Waals surface area contributed by atoms with E-state index in [-0.39, 0.29) is 18.5 Å². The van der Waals surface area contributed by atoms with Crippen LogP contribution in [0.3, 0.4) is 0 Å². The van der Waals surface area contributed by atoms with Crippen LogP contribution in [-0.4, -0.2) is 36.1 Å². The lowest BCUT2D eigenvalue weighted by atomic mass is 10.1. The van der Waals surface area contributed by atoms with Crippen LogP contribution in [0.5, 0.6) is 0 Å². The van der Waals surface area contributed by atoms with Crippen LogP contribution < -0.4 is 16.0 Å². The van der Waals surface area contributed by atoms with Crippen molar-refractivity contribution in [1.29, 1.82) is 0 Å². The van der Waals surface area contributed by atoms with E-state index in [4.69, 9.17) is 10.8 Å². The molecule has 0 heterocycles. The lowest BCUT2D eigenvalue weighted by Gasteiger charge is -2.21. The fraction of sp³-hybridized carbons (Fsp3) is 0.308. The number of primary amides is 1. The predicted octanol–water partition coefficient (Wildman–Crippen LogP) is 0.690. The molecule has 0 bridgehead atoms. The van der Waals surface area contributed by atoms with Gasteiger partial charge in [-0.1, -0.05) is 6.07 Å². The maximum absolute atomic E-state index is 13.1. The van der Waals surface area contributed by atoms with Gasteiger partial charge in [-0.15, -0.1) is 0 Å². The number of nitrogens with one attached hydrogen (secondary N) is 1. The maximum Gasteiger partial charge on any atom is 0.326 e. The van der Waals surface area contributed by atoms with Gasteiger partial charge in [-0.2, -0.15) is 0 Å². The normalized spacial score (nSPS) is 11.5. The fourth-order valence-electron chi connectivity index (χ4n) is 1.59. The van der Waals surface area contributed by atoms with Gasteiger partial charge in [0.15, 0.2) is 0 Å². The van der Waals surface area contributed by atoms with E-state index in [1.165, 1.54) is 25.2 Å². The third-order valence-corrected chi connectivity index (χ3v) is 2.78. The van der Waals surface area contributed by atoms with Crippen molar-refractivity contribution in [2.75, 3.05) is 11.9 Å². The highest BCUT2D eigenvalue weighted by Gasteiger charge is 2.22. The summed E-state index contributed by atoms with van der Waals surface area (Å²) < 4.78 is 13.1. The molecule has 0 aliphatic heterocycles. The highest BCUT2D eigenvalue weighted by Crippen LogP contribution is 2.14. The van der Waals surface area contributed by atoms with Crippen LogP contribution in [0.4, 0.5) is 14.9 Å². The van der Waals surface area contributed by atoms with Gasteiger partial charge in [0.1, 0.15) is 11.9 Å². The van der Waals surface area contributed by atoms with Gasteiger partial charge >= 0.3 is 12.0 Å². The molecular weight excluding hydrogens is 281 g/mol. The molecule has 0 saturated heterocycles. The van der Waals surface area contributed by atoms with Gasteiger partial charge in [0, 0.05) is 19.2 Å². The van der Waals surface area contributed by atoms with E-state index in [2.05, 4.69) is 5.32 Å². The van der Waals surface area contributed by atoms with Gasteiger partial charge in [0.2, 0.25) is 5.91 Å². The molecule has 1 rings (SSSR count). The zero-order valence-electron chi connectivity index (χ0n) is 11.4. The molecule has 1 aromatic carbocycles. The number of benzene rings is 1. The average Bonchev–Trinajstić information content (AvgIpc) is 2.41. The van der Waals surface area contributed by atoms with Crippen LogP contribution in [-0.2, 0) is 9.59 Å². The summed E-state index contributed by atoms with van der Waals surface area (Å²) in [5.41, 5.74) is 5.21. The first-order chi connectivity index (χ1) is 9.81. The number of urea groups is 1.